The summed E-state index contributed by atoms with van der Waals surface area (Å²) in [5.41, 5.74) is 0.421. The van der Waals surface area contributed by atoms with Gasteiger partial charge in [-0.25, -0.2) is 0 Å². The van der Waals surface area contributed by atoms with Crippen LogP contribution in [-0.4, -0.2) is 35.3 Å². The fraction of sp³-hybridized carbons (Fsp3) is 0.400. The second-order valence-corrected chi connectivity index (χ2v) is 6.85. The Bertz CT molecular complexity index is 727. The summed E-state index contributed by atoms with van der Waals surface area (Å²) < 4.78 is 0.920. The summed E-state index contributed by atoms with van der Waals surface area (Å²) in [5, 5.41) is 7.49. The highest BCUT2D eigenvalue weighted by Crippen LogP contribution is 2.29. The van der Waals surface area contributed by atoms with Crippen molar-refractivity contribution in [3.63, 3.8) is 0 Å². The van der Waals surface area contributed by atoms with Gasteiger partial charge in [0.25, 0.3) is 5.91 Å². The van der Waals surface area contributed by atoms with Gasteiger partial charge in [-0.1, -0.05) is 0 Å². The first kappa shape index (κ1) is 12.9. The third-order valence-corrected chi connectivity index (χ3v) is 5.41. The summed E-state index contributed by atoms with van der Waals surface area (Å²) in [5.74, 6) is -0.127. The second-order valence-electron chi connectivity index (χ2n) is 5.74. The molecule has 0 unspecified atom stereocenters. The molecule has 0 aliphatic carbocycles. The van der Waals surface area contributed by atoms with Crippen LogP contribution in [0.25, 0.3) is 10.1 Å². The van der Waals surface area contributed by atoms with Crippen LogP contribution < -0.4 is 10.6 Å². The number of thiophene rings is 1. The van der Waals surface area contributed by atoms with Crippen molar-refractivity contribution in [1.82, 2.24) is 15.6 Å². The average molecular weight is 301 g/mol. The Labute approximate surface area is 125 Å². The van der Waals surface area contributed by atoms with Crippen molar-refractivity contribution in [2.24, 2.45) is 0 Å². The van der Waals surface area contributed by atoms with Crippen molar-refractivity contribution in [3.8, 4) is 0 Å². The number of nitrogens with one attached hydrogen (secondary N) is 2. The third kappa shape index (κ3) is 2.24. The predicted molar refractivity (Wildman–Crippen MR) is 80.8 cm³/mol. The summed E-state index contributed by atoms with van der Waals surface area (Å²) in [6.07, 6.45) is 5.84. The van der Waals surface area contributed by atoms with Gasteiger partial charge in [0.05, 0.1) is 4.88 Å². The third-order valence-electron chi connectivity index (χ3n) is 4.39. The van der Waals surface area contributed by atoms with E-state index in [2.05, 4.69) is 15.6 Å². The molecule has 3 atom stereocenters. The molecule has 21 heavy (non-hydrogen) atoms. The van der Waals surface area contributed by atoms with Crippen molar-refractivity contribution in [2.45, 2.75) is 37.4 Å². The quantitative estimate of drug-likeness (QED) is 0.847. The number of nitrogens with zero attached hydrogens (tertiary/aromatic N) is 1. The lowest BCUT2D eigenvalue weighted by Crippen LogP contribution is -2.43. The number of rotatable bonds is 3. The molecule has 1 amide bonds. The first-order chi connectivity index (χ1) is 10.2. The van der Waals surface area contributed by atoms with Crippen molar-refractivity contribution < 1.29 is 9.59 Å². The van der Waals surface area contributed by atoms with Crippen LogP contribution in [0.3, 0.4) is 0 Å². The van der Waals surface area contributed by atoms with Gasteiger partial charge in [-0.05, 0) is 31.4 Å². The molecule has 2 aromatic heterocycles. The molecule has 2 fully saturated rings. The van der Waals surface area contributed by atoms with E-state index in [9.17, 15) is 9.59 Å². The van der Waals surface area contributed by atoms with Gasteiger partial charge >= 0.3 is 0 Å². The zero-order valence-electron chi connectivity index (χ0n) is 11.3. The number of carbonyl (C=O) groups excluding carboxylic acids is 2. The number of hydrogen-bond donors (Lipinski definition) is 2. The normalized spacial score (nSPS) is 27.1. The Morgan fingerprint density at radius 3 is 3.05 bits per heavy atom. The van der Waals surface area contributed by atoms with Gasteiger partial charge in [0.1, 0.15) is 5.69 Å². The van der Waals surface area contributed by atoms with Gasteiger partial charge < -0.3 is 10.6 Å². The molecular weight excluding hydrogens is 286 g/mol. The van der Waals surface area contributed by atoms with Crippen molar-refractivity contribution in [2.75, 3.05) is 0 Å². The molecule has 0 aromatic carbocycles. The van der Waals surface area contributed by atoms with Crippen molar-refractivity contribution in [1.29, 1.82) is 0 Å². The first-order valence-electron chi connectivity index (χ1n) is 7.14. The zero-order chi connectivity index (χ0) is 14.4. The van der Waals surface area contributed by atoms with E-state index in [0.717, 1.165) is 29.2 Å². The molecule has 5 nitrogen and oxygen atoms in total. The summed E-state index contributed by atoms with van der Waals surface area (Å²) in [7, 11) is 0. The number of amides is 1. The molecule has 6 heteroatoms. The molecule has 0 radical (unpaired) electrons. The number of pyridine rings is 1. The van der Waals surface area contributed by atoms with Gasteiger partial charge in [-0.15, -0.1) is 11.3 Å². The Morgan fingerprint density at radius 1 is 1.43 bits per heavy atom. The van der Waals surface area contributed by atoms with E-state index >= 15 is 0 Å². The lowest BCUT2D eigenvalue weighted by molar-refractivity contribution is 0.0926. The van der Waals surface area contributed by atoms with Crippen LogP contribution in [0.2, 0.25) is 0 Å². The van der Waals surface area contributed by atoms with Gasteiger partial charge in [0.15, 0.2) is 6.29 Å². The largest absolute Gasteiger partial charge is 0.346 e. The van der Waals surface area contributed by atoms with Crippen molar-refractivity contribution >= 4 is 33.6 Å². The van der Waals surface area contributed by atoms with Crippen LogP contribution in [0.5, 0.6) is 0 Å². The number of aldehydes is 1. The van der Waals surface area contributed by atoms with Gasteiger partial charge in [-0.2, -0.15) is 0 Å². The molecule has 2 aliphatic rings. The minimum absolute atomic E-state index is 0.127. The monoisotopic (exact) mass is 301 g/mol. The number of fused-ring (bicyclic) bond motifs is 3. The fourth-order valence-corrected chi connectivity index (χ4v) is 4.25. The van der Waals surface area contributed by atoms with Gasteiger partial charge in [-0.3, -0.25) is 14.6 Å². The highest BCUT2D eigenvalue weighted by molar-refractivity contribution is 7.20. The van der Waals surface area contributed by atoms with E-state index in [1.54, 1.807) is 18.3 Å². The van der Waals surface area contributed by atoms with Crippen molar-refractivity contribution in [3.05, 3.63) is 28.9 Å². The SMILES string of the molecule is O=Cc1cc2cnc(C(=O)N[C@@H]3C[C@H]4CC[C@@H]3N4)cc2s1. The standard InChI is InChI=1S/C15H15N3O2S/c19-7-10-3-8-6-16-13(5-14(8)21-10)15(20)18-12-4-9-1-2-11(12)17-9/h3,5-7,9,11-12,17H,1-2,4H2,(H,18,20)/t9-,11+,12-/m1/s1. The maximum atomic E-state index is 12.3. The molecule has 2 saturated heterocycles. The predicted octanol–water partition coefficient (Wildman–Crippen LogP) is 1.73. The molecule has 108 valence electrons. The second kappa shape index (κ2) is 4.89. The van der Waals surface area contributed by atoms with Crippen LogP contribution in [0.15, 0.2) is 18.3 Å². The van der Waals surface area contributed by atoms with Crippen LogP contribution in [0, 0.1) is 0 Å². The van der Waals surface area contributed by atoms with Crippen LogP contribution in [-0.2, 0) is 0 Å². The highest BCUT2D eigenvalue weighted by Gasteiger charge is 2.39. The van der Waals surface area contributed by atoms with E-state index in [4.69, 9.17) is 0 Å². The lowest BCUT2D eigenvalue weighted by Gasteiger charge is -2.21. The van der Waals surface area contributed by atoms with Crippen LogP contribution in [0.1, 0.15) is 39.4 Å². The minimum atomic E-state index is -0.127. The first-order valence-corrected chi connectivity index (χ1v) is 7.96. The lowest BCUT2D eigenvalue weighted by atomic mass is 9.95. The number of hydrogen-bond acceptors (Lipinski definition) is 5. The Morgan fingerprint density at radius 2 is 2.33 bits per heavy atom. The van der Waals surface area contributed by atoms with E-state index < -0.39 is 0 Å². The molecule has 4 rings (SSSR count). The zero-order valence-corrected chi connectivity index (χ0v) is 12.2. The number of carbonyl (C=O) groups is 2. The Kier molecular flexibility index (Phi) is 3.01. The average Bonchev–Trinajstić information content (AvgIpc) is 3.20. The Hall–Kier alpha value is -1.79. The molecule has 2 aliphatic heterocycles. The molecule has 2 bridgehead atoms. The summed E-state index contributed by atoms with van der Waals surface area (Å²) in [4.78, 5) is 28.0. The summed E-state index contributed by atoms with van der Waals surface area (Å²) in [6, 6.07) is 4.74. The smallest absolute Gasteiger partial charge is 0.270 e. The van der Waals surface area contributed by atoms with Crippen LogP contribution >= 0.6 is 11.3 Å². The minimum Gasteiger partial charge on any atom is -0.346 e. The topological polar surface area (TPSA) is 71.1 Å². The molecule has 0 spiro atoms. The van der Waals surface area contributed by atoms with E-state index in [1.165, 1.54) is 17.8 Å². The maximum Gasteiger partial charge on any atom is 0.270 e. The fourth-order valence-electron chi connectivity index (χ4n) is 3.36. The summed E-state index contributed by atoms with van der Waals surface area (Å²) >= 11 is 1.38. The molecule has 2 N–H and O–H groups in total. The van der Waals surface area contributed by atoms with E-state index in [1.807, 2.05) is 0 Å². The molecule has 4 heterocycles. The molecule has 0 saturated carbocycles. The van der Waals surface area contributed by atoms with Gasteiger partial charge in [0.2, 0.25) is 0 Å². The molecule has 2 aromatic rings. The highest BCUT2D eigenvalue weighted by atomic mass is 32.1. The van der Waals surface area contributed by atoms with E-state index in [-0.39, 0.29) is 11.9 Å². The number of aromatic nitrogens is 1. The Balaban J connectivity index is 1.54. The maximum absolute atomic E-state index is 12.3. The van der Waals surface area contributed by atoms with E-state index in [0.29, 0.717) is 22.7 Å². The van der Waals surface area contributed by atoms with Crippen LogP contribution in [0.4, 0.5) is 0 Å². The summed E-state index contributed by atoms with van der Waals surface area (Å²) in [6.45, 7) is 0. The van der Waals surface area contributed by atoms with Gasteiger partial charge in [0, 0.05) is 34.4 Å². The molecular formula is C15H15N3O2S.